The predicted octanol–water partition coefficient (Wildman–Crippen LogP) is 3.23. The monoisotopic (exact) mass is 329 g/mol. The van der Waals surface area contributed by atoms with Gasteiger partial charge in [0.15, 0.2) is 0 Å². The number of Topliss-reactive ketones (excluding diaryl/α,β-unsaturated/α-hetero) is 1. The number of esters is 1. The van der Waals surface area contributed by atoms with Crippen molar-refractivity contribution >= 4 is 40.7 Å². The molecule has 21 heavy (non-hydrogen) atoms. The van der Waals surface area contributed by atoms with Crippen LogP contribution in [-0.2, 0) is 14.9 Å². The summed E-state index contributed by atoms with van der Waals surface area (Å²) in [5, 5.41) is 12.6. The Kier molecular flexibility index (Phi) is 4.25. The van der Waals surface area contributed by atoms with Gasteiger partial charge in [-0.1, -0.05) is 34.4 Å². The lowest BCUT2D eigenvalue weighted by atomic mass is 9.79. The zero-order chi connectivity index (χ0) is 15.8. The first-order valence-corrected chi connectivity index (χ1v) is 7.03. The number of hydrogen-bond acceptors (Lipinski definition) is 5. The molecule has 7 heteroatoms. The maximum Gasteiger partial charge on any atom is 0.307 e. The molecule has 0 bridgehead atoms. The smallest absolute Gasteiger partial charge is 0.307 e. The SMILES string of the molecule is CCOC(=O)CC1(C)/C(=N\O)C(=O)c2c1ccc(Cl)c2Cl. The topological polar surface area (TPSA) is 76.0 Å². The minimum atomic E-state index is -1.10. The summed E-state index contributed by atoms with van der Waals surface area (Å²) in [6, 6.07) is 3.15. The van der Waals surface area contributed by atoms with Gasteiger partial charge in [-0.25, -0.2) is 0 Å². The fraction of sp³-hybridized carbons (Fsp3) is 0.357. The lowest BCUT2D eigenvalue weighted by molar-refractivity contribution is -0.143. The summed E-state index contributed by atoms with van der Waals surface area (Å²) in [6.45, 7) is 3.54. The van der Waals surface area contributed by atoms with Gasteiger partial charge in [-0.2, -0.15) is 0 Å². The van der Waals surface area contributed by atoms with Gasteiger partial charge >= 0.3 is 5.97 Å². The molecule has 1 aliphatic carbocycles. The zero-order valence-electron chi connectivity index (χ0n) is 11.4. The molecule has 1 N–H and O–H groups in total. The molecule has 0 aliphatic heterocycles. The van der Waals surface area contributed by atoms with Gasteiger partial charge in [-0.15, -0.1) is 0 Å². The quantitative estimate of drug-likeness (QED) is 0.524. The van der Waals surface area contributed by atoms with Crippen molar-refractivity contribution in [3.05, 3.63) is 33.3 Å². The highest BCUT2D eigenvalue weighted by molar-refractivity contribution is 6.56. The average Bonchev–Trinajstić information content (AvgIpc) is 2.62. The first-order valence-electron chi connectivity index (χ1n) is 6.28. The van der Waals surface area contributed by atoms with Gasteiger partial charge in [0, 0.05) is 5.56 Å². The number of halogens is 2. The van der Waals surface area contributed by atoms with Crippen molar-refractivity contribution in [1.82, 2.24) is 0 Å². The van der Waals surface area contributed by atoms with E-state index >= 15 is 0 Å². The van der Waals surface area contributed by atoms with E-state index < -0.39 is 17.2 Å². The third-order valence-electron chi connectivity index (χ3n) is 3.56. The molecule has 0 saturated carbocycles. The second kappa shape index (κ2) is 5.66. The molecule has 0 fully saturated rings. The third-order valence-corrected chi connectivity index (χ3v) is 4.36. The van der Waals surface area contributed by atoms with E-state index in [4.69, 9.17) is 27.9 Å². The molecule has 0 radical (unpaired) electrons. The molecule has 1 atom stereocenters. The Morgan fingerprint density at radius 2 is 2.10 bits per heavy atom. The number of carbonyl (C=O) groups is 2. The molecule has 0 amide bonds. The average molecular weight is 330 g/mol. The minimum absolute atomic E-state index is 0.0906. The third kappa shape index (κ3) is 2.40. The van der Waals surface area contributed by atoms with E-state index in [0.717, 1.165) is 0 Å². The van der Waals surface area contributed by atoms with Gasteiger partial charge < -0.3 is 9.94 Å². The fourth-order valence-electron chi connectivity index (χ4n) is 2.56. The molecule has 0 aromatic heterocycles. The number of ether oxygens (including phenoxy) is 1. The van der Waals surface area contributed by atoms with E-state index in [1.165, 1.54) is 0 Å². The summed E-state index contributed by atoms with van der Waals surface area (Å²) in [4.78, 5) is 24.2. The highest BCUT2D eigenvalue weighted by Crippen LogP contribution is 2.44. The molecule has 1 aromatic rings. The molecule has 1 aromatic carbocycles. The van der Waals surface area contributed by atoms with Crippen molar-refractivity contribution in [1.29, 1.82) is 0 Å². The first kappa shape index (κ1) is 15.8. The van der Waals surface area contributed by atoms with Crippen LogP contribution in [0.4, 0.5) is 0 Å². The molecular weight excluding hydrogens is 317 g/mol. The molecular formula is C14H13Cl2NO4. The molecule has 5 nitrogen and oxygen atoms in total. The van der Waals surface area contributed by atoms with Gasteiger partial charge in [0.2, 0.25) is 5.78 Å². The molecule has 112 valence electrons. The Bertz CT molecular complexity index is 657. The van der Waals surface area contributed by atoms with E-state index in [-0.39, 0.29) is 34.3 Å². The van der Waals surface area contributed by atoms with E-state index in [0.29, 0.717) is 5.56 Å². The fourth-order valence-corrected chi connectivity index (χ4v) is 2.97. The van der Waals surface area contributed by atoms with Crippen LogP contribution >= 0.6 is 23.2 Å². The Balaban J connectivity index is 2.60. The molecule has 0 heterocycles. The van der Waals surface area contributed by atoms with Crippen LogP contribution in [0, 0.1) is 0 Å². The van der Waals surface area contributed by atoms with Crippen LogP contribution in [0.5, 0.6) is 0 Å². The Morgan fingerprint density at radius 1 is 1.43 bits per heavy atom. The van der Waals surface area contributed by atoms with Gasteiger partial charge in [0.05, 0.1) is 28.5 Å². The Hall–Kier alpha value is -1.59. The predicted molar refractivity (Wildman–Crippen MR) is 78.6 cm³/mol. The van der Waals surface area contributed by atoms with Gasteiger partial charge in [0.1, 0.15) is 5.71 Å². The molecule has 1 aliphatic rings. The number of rotatable bonds is 3. The molecule has 2 rings (SSSR count). The van der Waals surface area contributed by atoms with Gasteiger partial charge in [0.25, 0.3) is 0 Å². The number of benzene rings is 1. The van der Waals surface area contributed by atoms with E-state index in [1.54, 1.807) is 26.0 Å². The highest BCUT2D eigenvalue weighted by atomic mass is 35.5. The van der Waals surface area contributed by atoms with E-state index in [9.17, 15) is 14.8 Å². The summed E-state index contributed by atoms with van der Waals surface area (Å²) in [6.07, 6.45) is -0.128. The van der Waals surface area contributed by atoms with Gasteiger partial charge in [-0.3, -0.25) is 9.59 Å². The Morgan fingerprint density at radius 3 is 2.67 bits per heavy atom. The molecule has 0 saturated heterocycles. The molecule has 0 spiro atoms. The summed E-state index contributed by atoms with van der Waals surface area (Å²) in [5.74, 6) is -1.03. The molecule has 1 unspecified atom stereocenters. The first-order chi connectivity index (χ1) is 9.86. The second-order valence-corrected chi connectivity index (χ2v) is 5.66. The standard InChI is InChI=1S/C14H13Cl2NO4/c1-3-21-9(18)6-14(2)7-4-5-8(15)11(16)10(7)12(19)13(14)17-20/h4-5,20H,3,6H2,1-2H3/b17-13-. The maximum atomic E-state index is 12.4. The van der Waals surface area contributed by atoms with Crippen LogP contribution in [-0.4, -0.2) is 29.3 Å². The number of carbonyl (C=O) groups excluding carboxylic acids is 2. The van der Waals surface area contributed by atoms with Crippen molar-refractivity contribution in [2.45, 2.75) is 25.7 Å². The Labute approximate surface area is 131 Å². The lowest BCUT2D eigenvalue weighted by Crippen LogP contribution is -2.34. The highest BCUT2D eigenvalue weighted by Gasteiger charge is 2.49. The largest absolute Gasteiger partial charge is 0.466 e. The van der Waals surface area contributed by atoms with Crippen LogP contribution in [0.3, 0.4) is 0 Å². The van der Waals surface area contributed by atoms with Crippen LogP contribution in [0.15, 0.2) is 17.3 Å². The normalized spacial score (nSPS) is 22.5. The van der Waals surface area contributed by atoms with Crippen LogP contribution < -0.4 is 0 Å². The summed E-state index contributed by atoms with van der Waals surface area (Å²) >= 11 is 12.0. The maximum absolute atomic E-state index is 12.4. The summed E-state index contributed by atoms with van der Waals surface area (Å²) in [7, 11) is 0. The van der Waals surface area contributed by atoms with Crippen molar-refractivity contribution in [3.63, 3.8) is 0 Å². The minimum Gasteiger partial charge on any atom is -0.466 e. The van der Waals surface area contributed by atoms with Gasteiger partial charge in [-0.05, 0) is 25.5 Å². The number of hydrogen-bond donors (Lipinski definition) is 1. The van der Waals surface area contributed by atoms with Crippen LogP contribution in [0.25, 0.3) is 0 Å². The van der Waals surface area contributed by atoms with Crippen molar-refractivity contribution in [2.24, 2.45) is 5.16 Å². The number of fused-ring (bicyclic) bond motifs is 1. The van der Waals surface area contributed by atoms with E-state index in [2.05, 4.69) is 5.16 Å². The van der Waals surface area contributed by atoms with Crippen molar-refractivity contribution in [2.75, 3.05) is 6.61 Å². The lowest BCUT2D eigenvalue weighted by Gasteiger charge is -2.23. The number of nitrogens with zero attached hydrogens (tertiary/aromatic N) is 1. The summed E-state index contributed by atoms with van der Waals surface area (Å²) in [5.41, 5.74) is -0.567. The number of oxime groups is 1. The summed E-state index contributed by atoms with van der Waals surface area (Å²) < 4.78 is 4.92. The second-order valence-electron chi connectivity index (χ2n) is 4.88. The number of ketones is 1. The van der Waals surface area contributed by atoms with E-state index in [1.807, 2.05) is 0 Å². The zero-order valence-corrected chi connectivity index (χ0v) is 13.0. The van der Waals surface area contributed by atoms with Crippen LogP contribution in [0.1, 0.15) is 36.2 Å². The van der Waals surface area contributed by atoms with Crippen LogP contribution in [0.2, 0.25) is 10.0 Å². The van der Waals surface area contributed by atoms with Crippen molar-refractivity contribution < 1.29 is 19.5 Å². The van der Waals surface area contributed by atoms with Crippen molar-refractivity contribution in [3.8, 4) is 0 Å².